The monoisotopic (exact) mass is 348 g/mol. The summed E-state index contributed by atoms with van der Waals surface area (Å²) in [5.41, 5.74) is 0. The Kier molecular flexibility index (Phi) is 11.8. The summed E-state index contributed by atoms with van der Waals surface area (Å²) in [5, 5.41) is 38.3. The standard InChI is InChI=1S/C18H36O6/c1-2-3-4-5-6-7-8-9-10-11-12-23-18-17(22)16(21)15(20)14(13-19)24-18/h14-22H,2-13H2,1H3/t14?,15-,16+,17-,18-/m1/s1. The smallest absolute Gasteiger partial charge is 0.186 e. The molecule has 4 N–H and O–H groups in total. The van der Waals surface area contributed by atoms with Crippen molar-refractivity contribution in [2.75, 3.05) is 13.2 Å². The molecule has 1 fully saturated rings. The van der Waals surface area contributed by atoms with Gasteiger partial charge in [-0.3, -0.25) is 0 Å². The van der Waals surface area contributed by atoms with E-state index in [9.17, 15) is 15.3 Å². The van der Waals surface area contributed by atoms with E-state index < -0.39 is 37.3 Å². The first-order valence-electron chi connectivity index (χ1n) is 9.54. The maximum atomic E-state index is 9.84. The van der Waals surface area contributed by atoms with Crippen LogP contribution in [-0.4, -0.2) is 64.3 Å². The summed E-state index contributed by atoms with van der Waals surface area (Å²) in [5.74, 6) is 0. The third-order valence-corrected chi connectivity index (χ3v) is 4.63. The van der Waals surface area contributed by atoms with Gasteiger partial charge in [0, 0.05) is 6.61 Å². The van der Waals surface area contributed by atoms with E-state index in [-0.39, 0.29) is 0 Å². The minimum Gasteiger partial charge on any atom is -0.394 e. The van der Waals surface area contributed by atoms with E-state index in [2.05, 4.69) is 6.92 Å². The quantitative estimate of drug-likeness (QED) is 0.378. The Balaban J connectivity index is 2.02. The molecule has 0 aromatic carbocycles. The Hall–Kier alpha value is -0.240. The number of ether oxygens (including phenoxy) is 2. The van der Waals surface area contributed by atoms with Crippen molar-refractivity contribution < 1.29 is 29.9 Å². The summed E-state index contributed by atoms with van der Waals surface area (Å²) in [6.45, 7) is 2.23. The summed E-state index contributed by atoms with van der Waals surface area (Å²) < 4.78 is 10.8. The zero-order chi connectivity index (χ0) is 17.8. The molecule has 24 heavy (non-hydrogen) atoms. The number of unbranched alkanes of at least 4 members (excludes halogenated alkanes) is 9. The molecule has 0 aromatic rings. The van der Waals surface area contributed by atoms with Gasteiger partial charge in [0.1, 0.15) is 24.4 Å². The van der Waals surface area contributed by atoms with Crippen molar-refractivity contribution >= 4 is 0 Å². The zero-order valence-electron chi connectivity index (χ0n) is 15.0. The number of hydrogen-bond donors (Lipinski definition) is 4. The summed E-state index contributed by atoms with van der Waals surface area (Å²) in [6.07, 6.45) is 6.37. The molecule has 1 aliphatic rings. The molecule has 1 aliphatic heterocycles. The molecule has 6 nitrogen and oxygen atoms in total. The van der Waals surface area contributed by atoms with Gasteiger partial charge in [-0.15, -0.1) is 0 Å². The van der Waals surface area contributed by atoms with E-state index >= 15 is 0 Å². The highest BCUT2D eigenvalue weighted by atomic mass is 16.7. The minimum atomic E-state index is -1.37. The second-order valence-electron chi connectivity index (χ2n) is 6.75. The first-order valence-corrected chi connectivity index (χ1v) is 9.54. The average Bonchev–Trinajstić information content (AvgIpc) is 2.59. The van der Waals surface area contributed by atoms with Crippen molar-refractivity contribution in [3.8, 4) is 0 Å². The lowest BCUT2D eigenvalue weighted by molar-refractivity contribution is -0.301. The summed E-state index contributed by atoms with van der Waals surface area (Å²) >= 11 is 0. The number of hydrogen-bond acceptors (Lipinski definition) is 6. The fraction of sp³-hybridized carbons (Fsp3) is 1.00. The van der Waals surface area contributed by atoms with Crippen LogP contribution in [0.15, 0.2) is 0 Å². The Labute approximate surface area is 145 Å². The highest BCUT2D eigenvalue weighted by Crippen LogP contribution is 2.22. The molecule has 6 heteroatoms. The van der Waals surface area contributed by atoms with E-state index in [0.29, 0.717) is 6.61 Å². The van der Waals surface area contributed by atoms with Gasteiger partial charge in [-0.05, 0) is 6.42 Å². The maximum absolute atomic E-state index is 9.84. The molecule has 0 aliphatic carbocycles. The normalized spacial score (nSPS) is 30.6. The van der Waals surface area contributed by atoms with E-state index in [1.54, 1.807) is 0 Å². The van der Waals surface area contributed by atoms with Crippen LogP contribution in [0.2, 0.25) is 0 Å². The molecule has 1 heterocycles. The molecule has 0 saturated carbocycles. The first-order chi connectivity index (χ1) is 11.6. The molecule has 144 valence electrons. The van der Waals surface area contributed by atoms with E-state index in [1.807, 2.05) is 0 Å². The van der Waals surface area contributed by atoms with Crippen LogP contribution in [0.25, 0.3) is 0 Å². The van der Waals surface area contributed by atoms with E-state index in [4.69, 9.17) is 14.6 Å². The topological polar surface area (TPSA) is 99.4 Å². The zero-order valence-corrected chi connectivity index (χ0v) is 15.0. The van der Waals surface area contributed by atoms with Crippen LogP contribution >= 0.6 is 0 Å². The highest BCUT2D eigenvalue weighted by Gasteiger charge is 2.43. The Morgan fingerprint density at radius 2 is 1.29 bits per heavy atom. The molecule has 1 saturated heterocycles. The fourth-order valence-electron chi connectivity index (χ4n) is 2.99. The lowest BCUT2D eigenvalue weighted by Crippen LogP contribution is -2.59. The van der Waals surface area contributed by atoms with E-state index in [0.717, 1.165) is 12.8 Å². The van der Waals surface area contributed by atoms with Gasteiger partial charge in [-0.1, -0.05) is 64.7 Å². The predicted molar refractivity (Wildman–Crippen MR) is 91.6 cm³/mol. The molecule has 0 amide bonds. The van der Waals surface area contributed by atoms with Crippen LogP contribution < -0.4 is 0 Å². The van der Waals surface area contributed by atoms with Crippen LogP contribution in [0.4, 0.5) is 0 Å². The Bertz CT molecular complexity index is 299. The molecular formula is C18H36O6. The Morgan fingerprint density at radius 1 is 0.750 bits per heavy atom. The van der Waals surface area contributed by atoms with Crippen LogP contribution in [0.5, 0.6) is 0 Å². The second kappa shape index (κ2) is 13.0. The van der Waals surface area contributed by atoms with Crippen LogP contribution in [0.3, 0.4) is 0 Å². The first kappa shape index (κ1) is 21.8. The van der Waals surface area contributed by atoms with Crippen molar-refractivity contribution in [2.45, 2.75) is 102 Å². The van der Waals surface area contributed by atoms with Crippen LogP contribution in [0.1, 0.15) is 71.1 Å². The molecule has 0 aromatic heterocycles. The average molecular weight is 348 g/mol. The molecule has 0 spiro atoms. The highest BCUT2D eigenvalue weighted by molar-refractivity contribution is 4.88. The van der Waals surface area contributed by atoms with Gasteiger partial charge in [0.25, 0.3) is 0 Å². The molecule has 5 atom stereocenters. The lowest BCUT2D eigenvalue weighted by Gasteiger charge is -2.39. The number of aliphatic hydroxyl groups excluding tert-OH is 4. The molecular weight excluding hydrogens is 312 g/mol. The molecule has 0 radical (unpaired) electrons. The van der Waals surface area contributed by atoms with Gasteiger partial charge >= 0.3 is 0 Å². The maximum Gasteiger partial charge on any atom is 0.186 e. The third kappa shape index (κ3) is 7.76. The van der Waals surface area contributed by atoms with Crippen LogP contribution in [0, 0.1) is 0 Å². The van der Waals surface area contributed by atoms with Gasteiger partial charge < -0.3 is 29.9 Å². The number of aliphatic hydroxyl groups is 4. The summed E-state index contributed by atoms with van der Waals surface area (Å²) in [4.78, 5) is 0. The van der Waals surface area contributed by atoms with Crippen molar-refractivity contribution in [3.05, 3.63) is 0 Å². The number of rotatable bonds is 13. The van der Waals surface area contributed by atoms with Crippen molar-refractivity contribution in [3.63, 3.8) is 0 Å². The van der Waals surface area contributed by atoms with Gasteiger partial charge in [0.15, 0.2) is 6.29 Å². The minimum absolute atomic E-state index is 0.428. The lowest BCUT2D eigenvalue weighted by atomic mass is 9.99. The Morgan fingerprint density at radius 3 is 1.83 bits per heavy atom. The predicted octanol–water partition coefficient (Wildman–Crippen LogP) is 1.72. The van der Waals surface area contributed by atoms with Gasteiger partial charge in [-0.2, -0.15) is 0 Å². The van der Waals surface area contributed by atoms with Gasteiger partial charge in [0.2, 0.25) is 0 Å². The van der Waals surface area contributed by atoms with Crippen LogP contribution in [-0.2, 0) is 9.47 Å². The molecule has 0 bridgehead atoms. The largest absolute Gasteiger partial charge is 0.394 e. The molecule has 1 rings (SSSR count). The fourth-order valence-corrected chi connectivity index (χ4v) is 2.99. The van der Waals surface area contributed by atoms with Crippen molar-refractivity contribution in [1.29, 1.82) is 0 Å². The summed E-state index contributed by atoms with van der Waals surface area (Å²) in [6, 6.07) is 0. The van der Waals surface area contributed by atoms with Gasteiger partial charge in [-0.25, -0.2) is 0 Å². The SMILES string of the molecule is CCCCCCCCCCCCO[C@@H]1OC(CO)[C@@H](O)[C@H](O)[C@H]1O. The van der Waals surface area contributed by atoms with Crippen molar-refractivity contribution in [1.82, 2.24) is 0 Å². The summed E-state index contributed by atoms with van der Waals surface area (Å²) in [7, 11) is 0. The van der Waals surface area contributed by atoms with Gasteiger partial charge in [0.05, 0.1) is 6.61 Å². The third-order valence-electron chi connectivity index (χ3n) is 4.63. The second-order valence-corrected chi connectivity index (χ2v) is 6.75. The van der Waals surface area contributed by atoms with Crippen molar-refractivity contribution in [2.24, 2.45) is 0 Å². The molecule has 1 unspecified atom stereocenters. The van der Waals surface area contributed by atoms with E-state index in [1.165, 1.54) is 51.4 Å².